The lowest BCUT2D eigenvalue weighted by Crippen LogP contribution is -2.43. The summed E-state index contributed by atoms with van der Waals surface area (Å²) in [6, 6.07) is 15.3. The Hall–Kier alpha value is -3.06. The first-order valence-corrected chi connectivity index (χ1v) is 12.3. The van der Waals surface area contributed by atoms with E-state index in [1.54, 1.807) is 30.8 Å². The summed E-state index contributed by atoms with van der Waals surface area (Å²) in [5.74, 6) is 0.879. The molecule has 1 N–H and O–H groups in total. The van der Waals surface area contributed by atoms with Crippen LogP contribution in [0.5, 0.6) is 0 Å². The van der Waals surface area contributed by atoms with Crippen LogP contribution in [0.3, 0.4) is 0 Å². The minimum atomic E-state index is -0.188. The Morgan fingerprint density at radius 3 is 2.45 bits per heavy atom. The summed E-state index contributed by atoms with van der Waals surface area (Å²) >= 11 is 1.74. The largest absolute Gasteiger partial charge is 0.345 e. The predicted molar refractivity (Wildman–Crippen MR) is 136 cm³/mol. The van der Waals surface area contributed by atoms with Crippen molar-refractivity contribution in [2.45, 2.75) is 32.7 Å². The van der Waals surface area contributed by atoms with Gasteiger partial charge in [0, 0.05) is 37.6 Å². The highest BCUT2D eigenvalue weighted by Gasteiger charge is 2.37. The highest BCUT2D eigenvalue weighted by Crippen LogP contribution is 2.40. The van der Waals surface area contributed by atoms with Gasteiger partial charge in [0.05, 0.1) is 17.3 Å². The summed E-state index contributed by atoms with van der Waals surface area (Å²) in [6.45, 7) is 4.87. The minimum Gasteiger partial charge on any atom is -0.345 e. The fourth-order valence-electron chi connectivity index (χ4n) is 4.17. The van der Waals surface area contributed by atoms with Crippen LogP contribution in [0.25, 0.3) is 0 Å². The quantitative estimate of drug-likeness (QED) is 0.699. The molecule has 7 heteroatoms. The van der Waals surface area contributed by atoms with Crippen molar-refractivity contribution < 1.29 is 9.59 Å². The predicted octanol–water partition coefficient (Wildman–Crippen LogP) is 4.71. The smallest absolute Gasteiger partial charge is 0.255 e. The van der Waals surface area contributed by atoms with Crippen molar-refractivity contribution >= 4 is 34.4 Å². The summed E-state index contributed by atoms with van der Waals surface area (Å²) in [5.41, 5.74) is 5.05. The molecule has 0 aromatic heterocycles. The van der Waals surface area contributed by atoms with Crippen LogP contribution in [0.1, 0.15) is 47.8 Å². The molecule has 2 aliphatic rings. The maximum Gasteiger partial charge on any atom is 0.255 e. The van der Waals surface area contributed by atoms with Crippen molar-refractivity contribution in [1.82, 2.24) is 9.80 Å². The fourth-order valence-corrected chi connectivity index (χ4v) is 5.19. The molecule has 0 aliphatic carbocycles. The molecule has 2 amide bonds. The van der Waals surface area contributed by atoms with Crippen molar-refractivity contribution in [2.24, 2.45) is 4.99 Å². The van der Waals surface area contributed by atoms with E-state index in [2.05, 4.69) is 17.1 Å². The summed E-state index contributed by atoms with van der Waals surface area (Å²) in [6.07, 6.45) is 1.99. The SMILES string of the molecule is CCc1ccc(C(=O)Nc2ccc([C@H]3C(C(=O)N(C)C)=C(C)N=C4SCCCN43)cc2)cc1. The second-order valence-electron chi connectivity index (χ2n) is 8.52. The first kappa shape index (κ1) is 23.1. The molecule has 2 aromatic rings. The summed E-state index contributed by atoms with van der Waals surface area (Å²) < 4.78 is 0. The van der Waals surface area contributed by atoms with E-state index >= 15 is 0 Å². The van der Waals surface area contributed by atoms with Crippen LogP contribution < -0.4 is 5.32 Å². The number of amides is 2. The van der Waals surface area contributed by atoms with Crippen LogP contribution in [0.15, 0.2) is 64.8 Å². The van der Waals surface area contributed by atoms with Crippen LogP contribution in [0.2, 0.25) is 0 Å². The third-order valence-electron chi connectivity index (χ3n) is 6.00. The zero-order valence-electron chi connectivity index (χ0n) is 19.6. The Morgan fingerprint density at radius 1 is 1.12 bits per heavy atom. The number of hydrogen-bond donors (Lipinski definition) is 1. The van der Waals surface area contributed by atoms with Gasteiger partial charge in [-0.1, -0.05) is 43.0 Å². The average molecular weight is 463 g/mol. The number of likely N-dealkylation sites (N-methyl/N-ethyl adjacent to an activating group) is 1. The highest BCUT2D eigenvalue weighted by molar-refractivity contribution is 8.13. The number of aryl methyl sites for hydroxylation is 1. The van der Waals surface area contributed by atoms with Gasteiger partial charge in [0.1, 0.15) is 0 Å². The molecule has 1 fully saturated rings. The first-order valence-electron chi connectivity index (χ1n) is 11.3. The second kappa shape index (κ2) is 9.83. The molecule has 6 nitrogen and oxygen atoms in total. The Kier molecular flexibility index (Phi) is 6.88. The molecule has 2 aliphatic heterocycles. The van der Waals surface area contributed by atoms with E-state index in [1.165, 1.54) is 5.56 Å². The number of rotatable bonds is 5. The van der Waals surface area contributed by atoms with Gasteiger partial charge < -0.3 is 15.1 Å². The van der Waals surface area contributed by atoms with Crippen LogP contribution in [0.4, 0.5) is 5.69 Å². The number of nitrogens with zero attached hydrogens (tertiary/aromatic N) is 3. The number of amidine groups is 1. The van der Waals surface area contributed by atoms with Crippen LogP contribution in [-0.2, 0) is 11.2 Å². The molecular formula is C26H30N4O2S. The number of hydrogen-bond acceptors (Lipinski definition) is 5. The zero-order valence-corrected chi connectivity index (χ0v) is 20.4. The van der Waals surface area contributed by atoms with Gasteiger partial charge in [-0.2, -0.15) is 0 Å². The van der Waals surface area contributed by atoms with E-state index in [4.69, 9.17) is 4.99 Å². The highest BCUT2D eigenvalue weighted by atomic mass is 32.2. The van der Waals surface area contributed by atoms with Gasteiger partial charge in [-0.3, -0.25) is 9.59 Å². The minimum absolute atomic E-state index is 0.0243. The number of thioether (sulfide) groups is 1. The molecule has 1 atom stereocenters. The van der Waals surface area contributed by atoms with Gasteiger partial charge in [-0.15, -0.1) is 0 Å². The van der Waals surface area contributed by atoms with Crippen LogP contribution in [0, 0.1) is 0 Å². The van der Waals surface area contributed by atoms with E-state index in [9.17, 15) is 9.59 Å². The second-order valence-corrected chi connectivity index (χ2v) is 9.58. The topological polar surface area (TPSA) is 65.0 Å². The lowest BCUT2D eigenvalue weighted by molar-refractivity contribution is -0.125. The molecule has 2 heterocycles. The molecule has 0 radical (unpaired) electrons. The van der Waals surface area contributed by atoms with Crippen molar-refractivity contribution in [1.29, 1.82) is 0 Å². The van der Waals surface area contributed by atoms with Crippen molar-refractivity contribution in [3.8, 4) is 0 Å². The van der Waals surface area contributed by atoms with E-state index < -0.39 is 0 Å². The van der Waals surface area contributed by atoms with Gasteiger partial charge >= 0.3 is 0 Å². The molecule has 4 rings (SSSR count). The molecule has 33 heavy (non-hydrogen) atoms. The normalized spacial score (nSPS) is 17.9. The van der Waals surface area contributed by atoms with Gasteiger partial charge in [0.2, 0.25) is 0 Å². The Bertz CT molecular complexity index is 1100. The lowest BCUT2D eigenvalue weighted by atomic mass is 9.93. The van der Waals surface area contributed by atoms with E-state index in [0.29, 0.717) is 11.1 Å². The fraction of sp³-hybridized carbons (Fsp3) is 0.346. The van der Waals surface area contributed by atoms with Gasteiger partial charge in [0.25, 0.3) is 11.8 Å². The lowest BCUT2D eigenvalue weighted by Gasteiger charge is -2.41. The van der Waals surface area contributed by atoms with Gasteiger partial charge in [0.15, 0.2) is 5.17 Å². The summed E-state index contributed by atoms with van der Waals surface area (Å²) in [7, 11) is 3.55. The standard InChI is InChI=1S/C26H30N4O2S/c1-5-18-7-9-20(10-8-18)24(31)28-21-13-11-19(12-14-21)23-22(25(32)29(3)4)17(2)27-26-30(23)15-6-16-33-26/h7-14,23H,5-6,15-16H2,1-4H3,(H,28,31)/t23-/m0/s1. The number of fused-ring (bicyclic) bond motifs is 1. The average Bonchev–Trinajstić information content (AvgIpc) is 2.83. The molecule has 0 bridgehead atoms. The Labute approximate surface area is 199 Å². The third-order valence-corrected chi connectivity index (χ3v) is 7.08. The van der Waals surface area contributed by atoms with Crippen molar-refractivity contribution in [3.63, 3.8) is 0 Å². The van der Waals surface area contributed by atoms with Crippen molar-refractivity contribution in [2.75, 3.05) is 31.7 Å². The third kappa shape index (κ3) is 4.83. The Morgan fingerprint density at radius 2 is 1.82 bits per heavy atom. The van der Waals surface area contributed by atoms with E-state index in [1.807, 2.05) is 55.5 Å². The molecule has 172 valence electrons. The van der Waals surface area contributed by atoms with Gasteiger partial charge in [-0.25, -0.2) is 4.99 Å². The monoisotopic (exact) mass is 462 g/mol. The van der Waals surface area contributed by atoms with Gasteiger partial charge in [-0.05, 0) is 55.2 Å². The summed E-state index contributed by atoms with van der Waals surface area (Å²) in [4.78, 5) is 34.3. The first-order chi connectivity index (χ1) is 15.9. The number of carbonyl (C=O) groups excluding carboxylic acids is 2. The molecule has 0 unspecified atom stereocenters. The molecule has 2 aromatic carbocycles. The number of carbonyl (C=O) groups is 2. The molecular weight excluding hydrogens is 432 g/mol. The number of anilines is 1. The molecule has 0 spiro atoms. The van der Waals surface area contributed by atoms with Crippen LogP contribution >= 0.6 is 11.8 Å². The molecule has 0 saturated carbocycles. The van der Waals surface area contributed by atoms with E-state index in [-0.39, 0.29) is 17.9 Å². The zero-order chi connectivity index (χ0) is 23.5. The van der Waals surface area contributed by atoms with E-state index in [0.717, 1.165) is 47.3 Å². The number of allylic oxidation sites excluding steroid dienone is 1. The molecule has 1 saturated heterocycles. The Balaban J connectivity index is 1.59. The number of aliphatic imine (C=N–C) groups is 1. The van der Waals surface area contributed by atoms with Crippen LogP contribution in [-0.4, -0.2) is 53.2 Å². The maximum absolute atomic E-state index is 13.1. The number of benzene rings is 2. The summed E-state index contributed by atoms with van der Waals surface area (Å²) in [5, 5.41) is 3.95. The maximum atomic E-state index is 13.1. The number of nitrogens with one attached hydrogen (secondary N) is 1. The van der Waals surface area contributed by atoms with Crippen molar-refractivity contribution in [3.05, 3.63) is 76.5 Å².